The topological polar surface area (TPSA) is 30.5 Å². The van der Waals surface area contributed by atoms with Crippen molar-refractivity contribution in [3.05, 3.63) is 23.8 Å². The molecule has 1 atom stereocenters. The molecular formula is C12H17NO2. The van der Waals surface area contributed by atoms with Crippen molar-refractivity contribution in [3.8, 4) is 11.5 Å². The molecule has 3 heteroatoms. The summed E-state index contributed by atoms with van der Waals surface area (Å²) in [6.45, 7) is 4.02. The van der Waals surface area contributed by atoms with Crippen molar-refractivity contribution in [1.82, 2.24) is 5.32 Å². The van der Waals surface area contributed by atoms with Crippen LogP contribution in [0.2, 0.25) is 0 Å². The number of aryl methyl sites for hydroxylation is 1. The second-order valence-corrected chi connectivity index (χ2v) is 3.86. The van der Waals surface area contributed by atoms with Crippen molar-refractivity contribution in [3.63, 3.8) is 0 Å². The molecule has 1 aromatic rings. The smallest absolute Gasteiger partial charge is 0.125 e. The van der Waals surface area contributed by atoms with Gasteiger partial charge in [-0.25, -0.2) is 0 Å². The van der Waals surface area contributed by atoms with Crippen molar-refractivity contribution in [2.24, 2.45) is 0 Å². The lowest BCUT2D eigenvalue weighted by molar-refractivity contribution is 0.222. The third-order valence-corrected chi connectivity index (χ3v) is 2.70. The molecule has 0 aromatic heterocycles. The molecule has 1 aromatic carbocycles. The normalized spacial score (nSPS) is 20.3. The zero-order valence-electron chi connectivity index (χ0n) is 9.25. The van der Waals surface area contributed by atoms with Crippen molar-refractivity contribution < 1.29 is 9.47 Å². The summed E-state index contributed by atoms with van der Waals surface area (Å²) in [5, 5.41) is 3.28. The van der Waals surface area contributed by atoms with Crippen LogP contribution in [0.4, 0.5) is 0 Å². The highest BCUT2D eigenvalue weighted by atomic mass is 16.5. The molecule has 1 heterocycles. The van der Waals surface area contributed by atoms with Gasteiger partial charge in [-0.2, -0.15) is 0 Å². The van der Waals surface area contributed by atoms with Crippen LogP contribution < -0.4 is 14.8 Å². The molecular weight excluding hydrogens is 190 g/mol. The van der Waals surface area contributed by atoms with E-state index in [4.69, 9.17) is 9.47 Å². The van der Waals surface area contributed by atoms with Gasteiger partial charge in [0.2, 0.25) is 0 Å². The fourth-order valence-corrected chi connectivity index (χ4v) is 1.79. The Labute approximate surface area is 90.4 Å². The first-order valence-electron chi connectivity index (χ1n) is 5.31. The van der Waals surface area contributed by atoms with Gasteiger partial charge >= 0.3 is 0 Å². The van der Waals surface area contributed by atoms with E-state index < -0.39 is 0 Å². The van der Waals surface area contributed by atoms with Crippen LogP contribution in [0.15, 0.2) is 18.2 Å². The molecule has 1 aliphatic rings. The van der Waals surface area contributed by atoms with Crippen molar-refractivity contribution in [2.75, 3.05) is 20.2 Å². The zero-order chi connectivity index (χ0) is 10.7. The maximum Gasteiger partial charge on any atom is 0.125 e. The lowest BCUT2D eigenvalue weighted by Crippen LogP contribution is -2.19. The van der Waals surface area contributed by atoms with Crippen LogP contribution in [-0.4, -0.2) is 26.3 Å². The number of hydrogen-bond acceptors (Lipinski definition) is 3. The fraction of sp³-hybridized carbons (Fsp3) is 0.500. The molecule has 15 heavy (non-hydrogen) atoms. The van der Waals surface area contributed by atoms with Crippen LogP contribution in [0.1, 0.15) is 12.0 Å². The van der Waals surface area contributed by atoms with E-state index >= 15 is 0 Å². The van der Waals surface area contributed by atoms with Crippen LogP contribution in [0, 0.1) is 6.92 Å². The second kappa shape index (κ2) is 4.53. The Hall–Kier alpha value is -1.22. The number of hydrogen-bond donors (Lipinski definition) is 1. The highest BCUT2D eigenvalue weighted by molar-refractivity contribution is 5.39. The Kier molecular flexibility index (Phi) is 3.11. The number of nitrogens with one attached hydrogen (secondary N) is 1. The summed E-state index contributed by atoms with van der Waals surface area (Å²) >= 11 is 0. The van der Waals surface area contributed by atoms with Crippen LogP contribution in [0.3, 0.4) is 0 Å². The minimum absolute atomic E-state index is 0.303. The number of rotatable bonds is 3. The lowest BCUT2D eigenvalue weighted by Gasteiger charge is -2.14. The molecule has 1 N–H and O–H groups in total. The van der Waals surface area contributed by atoms with E-state index in [1.165, 1.54) is 0 Å². The average Bonchev–Trinajstić information content (AvgIpc) is 2.73. The van der Waals surface area contributed by atoms with Crippen LogP contribution >= 0.6 is 0 Å². The molecule has 2 rings (SSSR count). The summed E-state index contributed by atoms with van der Waals surface area (Å²) in [7, 11) is 1.68. The third-order valence-electron chi connectivity index (χ3n) is 2.70. The van der Waals surface area contributed by atoms with Crippen LogP contribution in [0.5, 0.6) is 11.5 Å². The van der Waals surface area contributed by atoms with Gasteiger partial charge in [0, 0.05) is 12.6 Å². The highest BCUT2D eigenvalue weighted by Crippen LogP contribution is 2.25. The Morgan fingerprint density at radius 1 is 1.40 bits per heavy atom. The largest absolute Gasteiger partial charge is 0.496 e. The van der Waals surface area contributed by atoms with Gasteiger partial charge in [0.25, 0.3) is 0 Å². The number of benzene rings is 1. The second-order valence-electron chi connectivity index (χ2n) is 3.86. The molecule has 3 nitrogen and oxygen atoms in total. The summed E-state index contributed by atoms with van der Waals surface area (Å²) in [4.78, 5) is 0. The molecule has 1 fully saturated rings. The van der Waals surface area contributed by atoms with Gasteiger partial charge in [-0.05, 0) is 31.5 Å². The van der Waals surface area contributed by atoms with Crippen LogP contribution in [0.25, 0.3) is 0 Å². The van der Waals surface area contributed by atoms with Crippen LogP contribution in [-0.2, 0) is 0 Å². The fourth-order valence-electron chi connectivity index (χ4n) is 1.79. The van der Waals surface area contributed by atoms with E-state index in [1.807, 2.05) is 25.1 Å². The van der Waals surface area contributed by atoms with E-state index in [-0.39, 0.29) is 0 Å². The summed E-state index contributed by atoms with van der Waals surface area (Å²) in [6.07, 6.45) is 1.38. The van der Waals surface area contributed by atoms with E-state index in [2.05, 4.69) is 5.32 Å². The Morgan fingerprint density at radius 3 is 2.93 bits per heavy atom. The quantitative estimate of drug-likeness (QED) is 0.819. The standard InChI is InChI=1S/C12H17NO2/c1-9-3-4-10(7-12(9)14-2)15-11-5-6-13-8-11/h3-4,7,11,13H,5-6,8H2,1-2H3. The molecule has 0 radical (unpaired) electrons. The third kappa shape index (κ3) is 2.42. The Balaban J connectivity index is 2.07. The first-order chi connectivity index (χ1) is 7.29. The predicted molar refractivity (Wildman–Crippen MR) is 59.6 cm³/mol. The average molecular weight is 207 g/mol. The molecule has 0 saturated carbocycles. The maximum atomic E-state index is 5.83. The molecule has 0 spiro atoms. The van der Waals surface area contributed by atoms with Crippen molar-refractivity contribution >= 4 is 0 Å². The van der Waals surface area contributed by atoms with Crippen molar-refractivity contribution in [1.29, 1.82) is 0 Å². The van der Waals surface area contributed by atoms with Gasteiger partial charge in [-0.1, -0.05) is 6.07 Å². The van der Waals surface area contributed by atoms with Gasteiger partial charge < -0.3 is 14.8 Å². The Bertz CT molecular complexity index is 332. The SMILES string of the molecule is COc1cc(OC2CCNC2)ccc1C. The summed E-state index contributed by atoms with van der Waals surface area (Å²) in [5.74, 6) is 1.78. The highest BCUT2D eigenvalue weighted by Gasteiger charge is 2.16. The molecule has 0 aliphatic carbocycles. The van der Waals surface area contributed by atoms with E-state index in [0.717, 1.165) is 36.6 Å². The maximum absolute atomic E-state index is 5.83. The van der Waals surface area contributed by atoms with Gasteiger partial charge in [-0.3, -0.25) is 0 Å². The van der Waals surface area contributed by atoms with E-state index in [0.29, 0.717) is 6.10 Å². The predicted octanol–water partition coefficient (Wildman–Crippen LogP) is 1.74. The first-order valence-corrected chi connectivity index (χ1v) is 5.31. The molecule has 82 valence electrons. The van der Waals surface area contributed by atoms with Gasteiger partial charge in [-0.15, -0.1) is 0 Å². The summed E-state index contributed by atoms with van der Waals surface area (Å²) in [6, 6.07) is 5.97. The molecule has 1 saturated heterocycles. The monoisotopic (exact) mass is 207 g/mol. The zero-order valence-corrected chi connectivity index (χ0v) is 9.25. The van der Waals surface area contributed by atoms with Gasteiger partial charge in [0.05, 0.1) is 7.11 Å². The Morgan fingerprint density at radius 2 is 2.27 bits per heavy atom. The van der Waals surface area contributed by atoms with Gasteiger partial charge in [0.1, 0.15) is 17.6 Å². The lowest BCUT2D eigenvalue weighted by atomic mass is 10.2. The summed E-state index contributed by atoms with van der Waals surface area (Å²) < 4.78 is 11.1. The minimum atomic E-state index is 0.303. The molecule has 0 bridgehead atoms. The number of ether oxygens (including phenoxy) is 2. The molecule has 0 amide bonds. The van der Waals surface area contributed by atoms with Gasteiger partial charge in [0.15, 0.2) is 0 Å². The number of methoxy groups -OCH3 is 1. The molecule has 1 aliphatic heterocycles. The first kappa shape index (κ1) is 10.3. The molecule has 1 unspecified atom stereocenters. The van der Waals surface area contributed by atoms with E-state index in [1.54, 1.807) is 7.11 Å². The van der Waals surface area contributed by atoms with E-state index in [9.17, 15) is 0 Å². The summed E-state index contributed by atoms with van der Waals surface area (Å²) in [5.41, 5.74) is 1.13. The minimum Gasteiger partial charge on any atom is -0.496 e. The van der Waals surface area contributed by atoms with Crippen molar-refractivity contribution in [2.45, 2.75) is 19.4 Å².